The molecule has 8 nitrogen and oxygen atoms in total. The van der Waals surface area contributed by atoms with Crippen molar-refractivity contribution < 1.29 is 27.8 Å². The summed E-state index contributed by atoms with van der Waals surface area (Å²) in [6.07, 6.45) is 0.997. The van der Waals surface area contributed by atoms with Gasteiger partial charge in [-0.25, -0.2) is 4.98 Å². The van der Waals surface area contributed by atoms with Gasteiger partial charge in [0.1, 0.15) is 12.3 Å². The molecule has 0 radical (unpaired) electrons. The van der Waals surface area contributed by atoms with Crippen LogP contribution in [-0.4, -0.2) is 50.2 Å². The molecule has 0 saturated heterocycles. The van der Waals surface area contributed by atoms with E-state index < -0.39 is 24.4 Å². The molecule has 1 N–H and O–H groups in total. The van der Waals surface area contributed by atoms with Crippen LogP contribution in [-0.2, 0) is 12.1 Å². The fourth-order valence-corrected chi connectivity index (χ4v) is 4.71. The molecule has 172 valence electrons. The fourth-order valence-electron chi connectivity index (χ4n) is 4.71. The van der Waals surface area contributed by atoms with Crippen LogP contribution < -0.4 is 9.64 Å². The van der Waals surface area contributed by atoms with Crippen LogP contribution in [0.25, 0.3) is 11.3 Å². The topological polar surface area (TPSA) is 93.4 Å². The van der Waals surface area contributed by atoms with Gasteiger partial charge in [0, 0.05) is 30.8 Å². The molecule has 0 aromatic carbocycles. The second-order valence-corrected chi connectivity index (χ2v) is 8.41. The summed E-state index contributed by atoms with van der Waals surface area (Å²) in [5.41, 5.74) is 2.13. The van der Waals surface area contributed by atoms with E-state index in [1.807, 2.05) is 0 Å². The quantitative estimate of drug-likeness (QED) is 0.644. The maximum Gasteiger partial charge on any atom is 0.408 e. The highest BCUT2D eigenvalue weighted by atomic mass is 19.4. The lowest BCUT2D eigenvalue weighted by Crippen LogP contribution is -2.55. The number of hydrogen-bond donors (Lipinski definition) is 1. The second-order valence-electron chi connectivity index (χ2n) is 8.41. The third kappa shape index (κ3) is 3.43. The first kappa shape index (κ1) is 21.4. The summed E-state index contributed by atoms with van der Waals surface area (Å²) in [4.78, 5) is 23.9. The molecule has 0 unspecified atom stereocenters. The number of hydrogen-bond acceptors (Lipinski definition) is 6. The van der Waals surface area contributed by atoms with Gasteiger partial charge in [-0.3, -0.25) is 19.4 Å². The molecule has 2 aliphatic rings. The smallest absolute Gasteiger partial charge is 0.408 e. The molecule has 3 aromatic heterocycles. The Labute approximate surface area is 186 Å². The predicted molar refractivity (Wildman–Crippen MR) is 111 cm³/mol. The summed E-state index contributed by atoms with van der Waals surface area (Å²) >= 11 is 0. The maximum atomic E-state index is 13.5. The van der Waals surface area contributed by atoms with Gasteiger partial charge in [0.25, 0.3) is 5.91 Å². The zero-order chi connectivity index (χ0) is 23.5. The van der Waals surface area contributed by atoms with Crippen LogP contribution in [0.4, 0.5) is 18.9 Å². The van der Waals surface area contributed by atoms with Gasteiger partial charge in [0.2, 0.25) is 0 Å². The number of pyridine rings is 2. The third-order valence-electron chi connectivity index (χ3n) is 6.11. The molecule has 11 heteroatoms. The van der Waals surface area contributed by atoms with E-state index in [-0.39, 0.29) is 24.4 Å². The van der Waals surface area contributed by atoms with Crippen LogP contribution >= 0.6 is 0 Å². The molecular formula is C22H20F3N5O3. The van der Waals surface area contributed by atoms with Crippen molar-refractivity contribution in [3.8, 4) is 17.0 Å². The van der Waals surface area contributed by atoms with Gasteiger partial charge in [-0.05, 0) is 24.6 Å². The summed E-state index contributed by atoms with van der Waals surface area (Å²) in [5, 5.41) is 14.0. The van der Waals surface area contributed by atoms with Gasteiger partial charge in [0.05, 0.1) is 53.8 Å². The van der Waals surface area contributed by atoms with Crippen LogP contribution in [0.15, 0.2) is 36.9 Å². The summed E-state index contributed by atoms with van der Waals surface area (Å²) in [7, 11) is 1.53. The molecule has 1 saturated carbocycles. The average molecular weight is 459 g/mol. The maximum absolute atomic E-state index is 13.5. The van der Waals surface area contributed by atoms with Crippen molar-refractivity contribution in [2.24, 2.45) is 0 Å². The van der Waals surface area contributed by atoms with Gasteiger partial charge >= 0.3 is 6.18 Å². The Bertz CT molecular complexity index is 1250. The van der Waals surface area contributed by atoms with Crippen LogP contribution in [0.1, 0.15) is 34.5 Å². The molecule has 0 atom stereocenters. The number of aromatic nitrogens is 4. The number of aliphatic hydroxyl groups excluding tert-OH is 1. The number of alkyl halides is 3. The zero-order valence-corrected chi connectivity index (χ0v) is 17.8. The third-order valence-corrected chi connectivity index (χ3v) is 6.11. The molecule has 4 heterocycles. The minimum Gasteiger partial charge on any atom is -0.495 e. The number of amides is 1. The van der Waals surface area contributed by atoms with Crippen molar-refractivity contribution in [3.63, 3.8) is 0 Å². The molecule has 3 aromatic rings. The molecule has 1 spiro atoms. The van der Waals surface area contributed by atoms with E-state index in [0.717, 1.165) is 4.68 Å². The molecule has 1 fully saturated rings. The van der Waals surface area contributed by atoms with Gasteiger partial charge in [-0.2, -0.15) is 18.3 Å². The number of fused-ring (bicyclic) bond motifs is 2. The molecule has 1 amide bonds. The Morgan fingerprint density at radius 3 is 2.67 bits per heavy atom. The monoisotopic (exact) mass is 459 g/mol. The Balaban J connectivity index is 1.61. The van der Waals surface area contributed by atoms with E-state index in [2.05, 4.69) is 10.1 Å². The number of halogens is 3. The minimum absolute atomic E-state index is 0.225. The lowest BCUT2D eigenvalue weighted by atomic mass is 9.71. The van der Waals surface area contributed by atoms with E-state index >= 15 is 0 Å². The Kier molecular flexibility index (Phi) is 4.71. The van der Waals surface area contributed by atoms with Crippen molar-refractivity contribution in [2.45, 2.75) is 44.1 Å². The van der Waals surface area contributed by atoms with E-state index in [4.69, 9.17) is 9.72 Å². The Morgan fingerprint density at radius 1 is 1.24 bits per heavy atom. The zero-order valence-electron chi connectivity index (χ0n) is 17.8. The molecular weight excluding hydrogens is 439 g/mol. The Morgan fingerprint density at radius 2 is 2.00 bits per heavy atom. The van der Waals surface area contributed by atoms with Gasteiger partial charge in [-0.15, -0.1) is 0 Å². The summed E-state index contributed by atoms with van der Waals surface area (Å²) in [6.45, 7) is 0.525. The first-order valence-corrected chi connectivity index (χ1v) is 10.2. The fraction of sp³-hybridized carbons (Fsp3) is 0.364. The molecule has 5 rings (SSSR count). The molecule has 33 heavy (non-hydrogen) atoms. The predicted octanol–water partition coefficient (Wildman–Crippen LogP) is 3.23. The van der Waals surface area contributed by atoms with Crippen LogP contribution in [0.3, 0.4) is 0 Å². The molecule has 1 aliphatic heterocycles. The van der Waals surface area contributed by atoms with Crippen LogP contribution in [0.5, 0.6) is 5.75 Å². The number of carbonyl (C=O) groups excluding carboxylic acids is 1. The van der Waals surface area contributed by atoms with Gasteiger partial charge in [0.15, 0.2) is 0 Å². The van der Waals surface area contributed by atoms with Crippen molar-refractivity contribution in [1.29, 1.82) is 0 Å². The normalized spacial score (nSPS) is 21.9. The van der Waals surface area contributed by atoms with Crippen LogP contribution in [0, 0.1) is 6.92 Å². The van der Waals surface area contributed by atoms with Crippen molar-refractivity contribution in [2.75, 3.05) is 12.0 Å². The number of methoxy groups -OCH3 is 1. The first-order chi connectivity index (χ1) is 15.6. The van der Waals surface area contributed by atoms with E-state index in [1.54, 1.807) is 31.5 Å². The van der Waals surface area contributed by atoms with Crippen molar-refractivity contribution in [3.05, 3.63) is 53.7 Å². The lowest BCUT2D eigenvalue weighted by molar-refractivity contribution is -0.142. The second kappa shape index (κ2) is 7.27. The number of ether oxygens (including phenoxy) is 1. The number of aliphatic hydroxyl groups is 1. The van der Waals surface area contributed by atoms with E-state index in [0.29, 0.717) is 33.8 Å². The lowest BCUT2D eigenvalue weighted by Gasteiger charge is -2.47. The summed E-state index contributed by atoms with van der Waals surface area (Å²) < 4.78 is 44.4. The highest BCUT2D eigenvalue weighted by Gasteiger charge is 2.59. The molecule has 0 bridgehead atoms. The average Bonchev–Trinajstić information content (AvgIpc) is 3.27. The number of aryl methyl sites for hydroxylation is 1. The summed E-state index contributed by atoms with van der Waals surface area (Å²) in [6, 6.07) is 3.55. The number of anilines is 1. The SMILES string of the molecule is COc1cncc(-c2cc(C)c3c(n2)C2(CC(O)C2)N(c2cnn(CC(F)(F)F)c2)C3=O)c1. The number of carbonyl (C=O) groups is 1. The van der Waals surface area contributed by atoms with Crippen molar-refractivity contribution in [1.82, 2.24) is 19.7 Å². The van der Waals surface area contributed by atoms with Crippen molar-refractivity contribution >= 4 is 11.6 Å². The van der Waals surface area contributed by atoms with Crippen LogP contribution in [0.2, 0.25) is 0 Å². The minimum atomic E-state index is -4.44. The number of rotatable bonds is 4. The van der Waals surface area contributed by atoms with E-state index in [1.165, 1.54) is 24.4 Å². The standard InChI is InChI=1S/C22H20F3N5O3/c1-12-3-17(13-4-16(33-2)9-26-7-13)28-19-18(12)20(32)30(21(19)5-15(31)6-21)14-8-27-29(10-14)11-22(23,24)25/h3-4,7-10,15,31H,5-6,11H2,1-2H3. The highest BCUT2D eigenvalue weighted by molar-refractivity contribution is 6.13. The molecule has 1 aliphatic carbocycles. The number of nitrogens with zero attached hydrogens (tertiary/aromatic N) is 5. The first-order valence-electron chi connectivity index (χ1n) is 10.2. The van der Waals surface area contributed by atoms with Gasteiger partial charge < -0.3 is 9.84 Å². The summed E-state index contributed by atoms with van der Waals surface area (Å²) in [5.74, 6) is 0.180. The largest absolute Gasteiger partial charge is 0.495 e. The Hall–Kier alpha value is -3.47. The van der Waals surface area contributed by atoms with Gasteiger partial charge in [-0.1, -0.05) is 0 Å². The highest BCUT2D eigenvalue weighted by Crippen LogP contribution is 2.54. The van der Waals surface area contributed by atoms with E-state index in [9.17, 15) is 23.1 Å².